The van der Waals surface area contributed by atoms with Crippen LogP contribution in [0.25, 0.3) is 143 Å². The number of rotatable bonds is 5. The zero-order chi connectivity index (χ0) is 47.4. The van der Waals surface area contributed by atoms with Crippen LogP contribution < -0.4 is 0 Å². The molecule has 0 saturated carbocycles. The van der Waals surface area contributed by atoms with Crippen LogP contribution in [0.1, 0.15) is 25.0 Å². The van der Waals surface area contributed by atoms with Gasteiger partial charge in [-0.1, -0.05) is 153 Å². The number of nitrogens with zero attached hydrogens (tertiary/aromatic N) is 5. The molecule has 72 heavy (non-hydrogen) atoms. The third kappa shape index (κ3) is 5.44. The average Bonchev–Trinajstić information content (AvgIpc) is 4.13. The first kappa shape index (κ1) is 39.8. The molecule has 0 unspecified atom stereocenters. The second-order valence-electron chi connectivity index (χ2n) is 19.9. The summed E-state index contributed by atoms with van der Waals surface area (Å²) >= 11 is 1.81. The van der Waals surface area contributed by atoms with E-state index in [1.807, 2.05) is 11.3 Å². The van der Waals surface area contributed by atoms with Crippen LogP contribution in [-0.4, -0.2) is 24.1 Å². The van der Waals surface area contributed by atoms with E-state index in [-0.39, 0.29) is 5.41 Å². The third-order valence-electron chi connectivity index (χ3n) is 15.7. The molecule has 336 valence electrons. The zero-order valence-electron chi connectivity index (χ0n) is 39.4. The van der Waals surface area contributed by atoms with Crippen LogP contribution in [0.2, 0.25) is 0 Å². The maximum absolute atomic E-state index is 5.42. The van der Waals surface area contributed by atoms with Gasteiger partial charge in [0.05, 0.1) is 27.8 Å². The minimum Gasteiger partial charge on any atom is -0.309 e. The SMILES string of the molecule is CC1(C)c2cccc3c2-c2c1c(-c1cccc(-c4nc(-c5ccc6c(c5)sc5ccccc56)nc(-c5ccc6c(c5)c5ccccc5n6-c5ccccc5)n4)c1)cc1c4ccccc4n(c21)-c1ccccc1-3. The Labute approximate surface area is 418 Å². The molecule has 6 heteroatoms. The largest absolute Gasteiger partial charge is 0.309 e. The van der Waals surface area contributed by atoms with Gasteiger partial charge in [0.15, 0.2) is 17.5 Å². The van der Waals surface area contributed by atoms with Gasteiger partial charge in [0.2, 0.25) is 0 Å². The van der Waals surface area contributed by atoms with E-state index in [4.69, 9.17) is 15.0 Å². The van der Waals surface area contributed by atoms with Crippen LogP contribution in [0.3, 0.4) is 0 Å². The van der Waals surface area contributed by atoms with Crippen molar-refractivity contribution in [2.45, 2.75) is 19.3 Å². The van der Waals surface area contributed by atoms with Crippen LogP contribution in [-0.2, 0) is 5.41 Å². The number of hydrogen-bond acceptors (Lipinski definition) is 4. The number of thiophene rings is 1. The lowest BCUT2D eigenvalue weighted by molar-refractivity contribution is 0.662. The maximum atomic E-state index is 5.42. The highest BCUT2D eigenvalue weighted by Gasteiger charge is 2.43. The van der Waals surface area contributed by atoms with E-state index in [1.54, 1.807) is 0 Å². The van der Waals surface area contributed by atoms with Gasteiger partial charge in [-0.15, -0.1) is 11.3 Å². The Balaban J connectivity index is 0.927. The van der Waals surface area contributed by atoms with Crippen LogP contribution in [0.15, 0.2) is 212 Å². The molecule has 5 nitrogen and oxygen atoms in total. The van der Waals surface area contributed by atoms with Crippen molar-refractivity contribution < 1.29 is 0 Å². The van der Waals surface area contributed by atoms with Crippen molar-refractivity contribution in [3.05, 3.63) is 223 Å². The lowest BCUT2D eigenvalue weighted by atomic mass is 9.78. The van der Waals surface area contributed by atoms with E-state index in [9.17, 15) is 0 Å². The molecule has 4 aromatic heterocycles. The highest BCUT2D eigenvalue weighted by molar-refractivity contribution is 7.25. The molecule has 0 atom stereocenters. The Hall–Kier alpha value is -8.97. The summed E-state index contributed by atoms with van der Waals surface area (Å²) in [6.07, 6.45) is 0. The third-order valence-corrected chi connectivity index (χ3v) is 16.8. The Morgan fingerprint density at radius 3 is 1.79 bits per heavy atom. The van der Waals surface area contributed by atoms with E-state index in [1.165, 1.54) is 92.0 Å². The van der Waals surface area contributed by atoms with Gasteiger partial charge in [0, 0.05) is 80.6 Å². The summed E-state index contributed by atoms with van der Waals surface area (Å²) in [5, 5.41) is 7.34. The predicted molar refractivity (Wildman–Crippen MR) is 300 cm³/mol. The van der Waals surface area contributed by atoms with Gasteiger partial charge >= 0.3 is 0 Å². The highest BCUT2D eigenvalue weighted by atomic mass is 32.1. The second-order valence-corrected chi connectivity index (χ2v) is 21.0. The first-order chi connectivity index (χ1) is 35.5. The van der Waals surface area contributed by atoms with Gasteiger partial charge < -0.3 is 9.13 Å². The number of benzene rings is 10. The molecule has 0 fully saturated rings. The van der Waals surface area contributed by atoms with Crippen molar-refractivity contribution in [3.63, 3.8) is 0 Å². The second kappa shape index (κ2) is 14.5. The van der Waals surface area contributed by atoms with E-state index in [0.717, 1.165) is 44.4 Å². The maximum Gasteiger partial charge on any atom is 0.164 e. The fraction of sp³-hybridized carbons (Fsp3) is 0.0455. The normalized spacial score (nSPS) is 13.2. The van der Waals surface area contributed by atoms with E-state index in [0.29, 0.717) is 17.5 Å². The number of fused-ring (bicyclic) bond motifs is 12. The van der Waals surface area contributed by atoms with E-state index >= 15 is 0 Å². The highest BCUT2D eigenvalue weighted by Crippen LogP contribution is 2.60. The average molecular weight is 936 g/mol. The Morgan fingerprint density at radius 2 is 0.972 bits per heavy atom. The van der Waals surface area contributed by atoms with Crippen molar-refractivity contribution in [1.29, 1.82) is 0 Å². The number of para-hydroxylation sites is 4. The Morgan fingerprint density at radius 1 is 0.375 bits per heavy atom. The molecule has 2 aliphatic rings. The summed E-state index contributed by atoms with van der Waals surface area (Å²) in [6.45, 7) is 4.82. The summed E-state index contributed by atoms with van der Waals surface area (Å²) in [6, 6.07) is 77.4. The lowest BCUT2D eigenvalue weighted by Crippen LogP contribution is -2.16. The predicted octanol–water partition coefficient (Wildman–Crippen LogP) is 17.4. The lowest BCUT2D eigenvalue weighted by Gasteiger charge is -2.26. The molecular weight excluding hydrogens is 895 g/mol. The molecule has 0 saturated heterocycles. The fourth-order valence-electron chi connectivity index (χ4n) is 12.5. The molecule has 16 rings (SSSR count). The van der Waals surface area contributed by atoms with Gasteiger partial charge in [0.25, 0.3) is 0 Å². The monoisotopic (exact) mass is 935 g/mol. The first-order valence-corrected chi connectivity index (χ1v) is 25.5. The summed E-state index contributed by atoms with van der Waals surface area (Å²) < 4.78 is 7.36. The number of aromatic nitrogens is 5. The topological polar surface area (TPSA) is 48.5 Å². The molecule has 0 amide bonds. The summed E-state index contributed by atoms with van der Waals surface area (Å²) in [7, 11) is 0. The van der Waals surface area contributed by atoms with Crippen LogP contribution in [0.4, 0.5) is 0 Å². The summed E-state index contributed by atoms with van der Waals surface area (Å²) in [5.74, 6) is 1.91. The molecule has 0 radical (unpaired) electrons. The quantitative estimate of drug-likeness (QED) is 0.173. The smallest absolute Gasteiger partial charge is 0.164 e. The fourth-order valence-corrected chi connectivity index (χ4v) is 13.7. The van der Waals surface area contributed by atoms with Crippen molar-refractivity contribution in [3.8, 4) is 78.9 Å². The first-order valence-electron chi connectivity index (χ1n) is 24.7. The van der Waals surface area contributed by atoms with Crippen molar-refractivity contribution in [2.24, 2.45) is 0 Å². The van der Waals surface area contributed by atoms with Gasteiger partial charge in [-0.3, -0.25) is 0 Å². The van der Waals surface area contributed by atoms with E-state index in [2.05, 4.69) is 235 Å². The van der Waals surface area contributed by atoms with Crippen molar-refractivity contribution in [1.82, 2.24) is 24.1 Å². The van der Waals surface area contributed by atoms with Crippen LogP contribution >= 0.6 is 11.3 Å². The van der Waals surface area contributed by atoms with Gasteiger partial charge in [-0.05, 0) is 106 Å². The standard InChI is InChI=1S/C66H41N5S/c1-66(2)52-25-15-24-48-43-20-6-11-27-54(43)71-55-28-12-8-22-45(55)51-37-49(61(66)60(59(48)52)62(51)71)38-16-14-17-39(34-38)63-67-64(69-65(68-63)41-30-32-47-46-23-9-13-29-57(46)72-58(47)36-41)40-31-33-56-50(35-40)44-21-7-10-26-53(44)70(56)42-18-4-3-5-19-42/h3-37H,1-2H3. The molecule has 14 aromatic rings. The zero-order valence-corrected chi connectivity index (χ0v) is 40.2. The van der Waals surface area contributed by atoms with Gasteiger partial charge in [-0.2, -0.15) is 0 Å². The molecule has 1 aliphatic heterocycles. The van der Waals surface area contributed by atoms with Gasteiger partial charge in [-0.25, -0.2) is 15.0 Å². The molecular formula is C66H41N5S. The Bertz CT molecular complexity index is 4670. The molecule has 0 spiro atoms. The Kier molecular flexibility index (Phi) is 8.05. The van der Waals surface area contributed by atoms with Crippen LogP contribution in [0.5, 0.6) is 0 Å². The van der Waals surface area contributed by atoms with Crippen molar-refractivity contribution >= 4 is 75.1 Å². The van der Waals surface area contributed by atoms with Gasteiger partial charge in [0.1, 0.15) is 0 Å². The minimum absolute atomic E-state index is 0.283. The minimum atomic E-state index is -0.283. The molecule has 0 bridgehead atoms. The number of hydrogen-bond donors (Lipinski definition) is 0. The molecule has 1 aliphatic carbocycles. The van der Waals surface area contributed by atoms with Crippen molar-refractivity contribution in [2.75, 3.05) is 0 Å². The van der Waals surface area contributed by atoms with E-state index < -0.39 is 0 Å². The molecule has 10 aromatic carbocycles. The molecule has 0 N–H and O–H groups in total. The van der Waals surface area contributed by atoms with Crippen LogP contribution in [0, 0.1) is 0 Å². The summed E-state index contributed by atoms with van der Waals surface area (Å²) in [4.78, 5) is 16.2. The summed E-state index contributed by atoms with van der Waals surface area (Å²) in [5.41, 5.74) is 20.0. The molecule has 5 heterocycles.